The van der Waals surface area contributed by atoms with Crippen molar-refractivity contribution in [3.63, 3.8) is 0 Å². The van der Waals surface area contributed by atoms with E-state index in [9.17, 15) is 0 Å². The predicted octanol–water partition coefficient (Wildman–Crippen LogP) is 4.29. The van der Waals surface area contributed by atoms with Crippen molar-refractivity contribution < 1.29 is 4.74 Å². The van der Waals surface area contributed by atoms with Gasteiger partial charge in [0.05, 0.1) is 23.4 Å². The molecule has 1 aliphatic heterocycles. The maximum Gasteiger partial charge on any atom is 0.120 e. The van der Waals surface area contributed by atoms with Crippen molar-refractivity contribution in [1.82, 2.24) is 10.3 Å². The molecule has 21 heavy (non-hydrogen) atoms. The summed E-state index contributed by atoms with van der Waals surface area (Å²) >= 11 is 1.82. The van der Waals surface area contributed by atoms with Crippen LogP contribution in [0.2, 0.25) is 0 Å². The zero-order valence-electron chi connectivity index (χ0n) is 12.5. The summed E-state index contributed by atoms with van der Waals surface area (Å²) in [6.45, 7) is 0. The van der Waals surface area contributed by atoms with Crippen molar-refractivity contribution in [3.05, 3.63) is 23.2 Å². The summed E-state index contributed by atoms with van der Waals surface area (Å²) < 4.78 is 6.54. The third-order valence-electron chi connectivity index (χ3n) is 5.06. The molecule has 4 rings (SSSR count). The Morgan fingerprint density at radius 3 is 3.00 bits per heavy atom. The smallest absolute Gasteiger partial charge is 0.120 e. The highest BCUT2D eigenvalue weighted by Gasteiger charge is 2.33. The minimum Gasteiger partial charge on any atom is -0.497 e. The fourth-order valence-corrected chi connectivity index (χ4v) is 4.98. The number of nitrogens with one attached hydrogen (secondary N) is 1. The molecule has 1 N–H and O–H groups in total. The van der Waals surface area contributed by atoms with E-state index in [-0.39, 0.29) is 0 Å². The summed E-state index contributed by atoms with van der Waals surface area (Å²) in [5, 5.41) is 5.13. The Kier molecular flexibility index (Phi) is 3.59. The van der Waals surface area contributed by atoms with Gasteiger partial charge in [0, 0.05) is 6.04 Å². The summed E-state index contributed by atoms with van der Waals surface area (Å²) in [7, 11) is 1.72. The number of methoxy groups -OCH3 is 1. The summed E-state index contributed by atoms with van der Waals surface area (Å²) in [5.74, 6) is 1.83. The maximum absolute atomic E-state index is 5.31. The lowest BCUT2D eigenvalue weighted by molar-refractivity contribution is 0.177. The standard InChI is InChI=1S/C17H22N2OS/c1-20-12-7-9-14-16(10-12)21-17(19-14)15-8-6-11-4-2-3-5-13(11)18-15/h7,9-11,13,15,18H,2-6,8H2,1H3. The van der Waals surface area contributed by atoms with Gasteiger partial charge in [-0.1, -0.05) is 12.8 Å². The first-order chi connectivity index (χ1) is 10.3. The first-order valence-corrected chi connectivity index (χ1v) is 8.85. The SMILES string of the molecule is COc1ccc2nc(C3CCC4CCCCC4N3)sc2c1. The van der Waals surface area contributed by atoms with Gasteiger partial charge in [-0.3, -0.25) is 0 Å². The van der Waals surface area contributed by atoms with Crippen LogP contribution in [0, 0.1) is 5.92 Å². The van der Waals surface area contributed by atoms with Crippen molar-refractivity contribution in [1.29, 1.82) is 0 Å². The van der Waals surface area contributed by atoms with Crippen LogP contribution in [-0.4, -0.2) is 18.1 Å². The van der Waals surface area contributed by atoms with Gasteiger partial charge < -0.3 is 10.1 Å². The van der Waals surface area contributed by atoms with E-state index in [2.05, 4.69) is 17.4 Å². The van der Waals surface area contributed by atoms with Crippen molar-refractivity contribution >= 4 is 21.6 Å². The van der Waals surface area contributed by atoms with Gasteiger partial charge in [0.25, 0.3) is 0 Å². The zero-order chi connectivity index (χ0) is 14.2. The normalized spacial score (nSPS) is 29.3. The van der Waals surface area contributed by atoms with Crippen LogP contribution in [0.1, 0.15) is 49.6 Å². The van der Waals surface area contributed by atoms with Crippen molar-refractivity contribution in [2.75, 3.05) is 7.11 Å². The van der Waals surface area contributed by atoms with Gasteiger partial charge in [-0.05, 0) is 49.8 Å². The van der Waals surface area contributed by atoms with Crippen LogP contribution in [0.25, 0.3) is 10.2 Å². The van der Waals surface area contributed by atoms with Crippen molar-refractivity contribution in [2.45, 2.75) is 50.6 Å². The minimum atomic E-state index is 0.452. The highest BCUT2D eigenvalue weighted by atomic mass is 32.1. The van der Waals surface area contributed by atoms with Gasteiger partial charge in [-0.25, -0.2) is 4.98 Å². The van der Waals surface area contributed by atoms with Gasteiger partial charge in [0.15, 0.2) is 0 Å². The molecule has 0 bridgehead atoms. The Hall–Kier alpha value is -1.13. The molecule has 1 aliphatic carbocycles. The molecule has 0 amide bonds. The lowest BCUT2D eigenvalue weighted by Gasteiger charge is -2.39. The van der Waals surface area contributed by atoms with Gasteiger partial charge in [-0.15, -0.1) is 11.3 Å². The molecule has 3 atom stereocenters. The van der Waals surface area contributed by atoms with Crippen LogP contribution in [-0.2, 0) is 0 Å². The molecule has 0 spiro atoms. The highest BCUT2D eigenvalue weighted by molar-refractivity contribution is 7.18. The molecule has 3 nitrogen and oxygen atoms in total. The Morgan fingerprint density at radius 1 is 1.19 bits per heavy atom. The first-order valence-electron chi connectivity index (χ1n) is 8.04. The molecule has 4 heteroatoms. The van der Waals surface area contributed by atoms with E-state index in [4.69, 9.17) is 9.72 Å². The number of piperidine rings is 1. The lowest BCUT2D eigenvalue weighted by Crippen LogP contribution is -2.44. The lowest BCUT2D eigenvalue weighted by atomic mass is 9.78. The number of thiazole rings is 1. The van der Waals surface area contributed by atoms with E-state index >= 15 is 0 Å². The largest absolute Gasteiger partial charge is 0.497 e. The molecule has 1 aromatic heterocycles. The summed E-state index contributed by atoms with van der Waals surface area (Å²) in [6, 6.07) is 7.34. The van der Waals surface area contributed by atoms with Crippen molar-refractivity contribution in [3.8, 4) is 5.75 Å². The highest BCUT2D eigenvalue weighted by Crippen LogP contribution is 2.39. The minimum absolute atomic E-state index is 0.452. The molecule has 2 fully saturated rings. The average molecular weight is 302 g/mol. The number of aromatic nitrogens is 1. The molecule has 1 saturated heterocycles. The average Bonchev–Trinajstić information content (AvgIpc) is 2.97. The molecule has 112 valence electrons. The van der Waals surface area contributed by atoms with E-state index in [0.717, 1.165) is 23.2 Å². The molecular weight excluding hydrogens is 280 g/mol. The zero-order valence-corrected chi connectivity index (χ0v) is 13.3. The molecule has 2 heterocycles. The molecule has 1 aromatic carbocycles. The molecule has 2 aromatic rings. The fourth-order valence-electron chi connectivity index (χ4n) is 3.89. The third kappa shape index (κ3) is 2.55. The van der Waals surface area contributed by atoms with Gasteiger partial charge in [-0.2, -0.15) is 0 Å². The monoisotopic (exact) mass is 302 g/mol. The Bertz CT molecular complexity index is 639. The fraction of sp³-hybridized carbons (Fsp3) is 0.588. The first kappa shape index (κ1) is 13.5. The van der Waals surface area contributed by atoms with Crippen LogP contribution in [0.3, 0.4) is 0 Å². The molecule has 1 saturated carbocycles. The number of nitrogens with zero attached hydrogens (tertiary/aromatic N) is 1. The molecule has 0 radical (unpaired) electrons. The number of ether oxygens (including phenoxy) is 1. The Morgan fingerprint density at radius 2 is 2.10 bits per heavy atom. The second kappa shape index (κ2) is 5.58. The number of benzene rings is 1. The van der Waals surface area contributed by atoms with Crippen molar-refractivity contribution in [2.24, 2.45) is 5.92 Å². The summed E-state index contributed by atoms with van der Waals surface area (Å²) in [6.07, 6.45) is 8.17. The van der Waals surface area contributed by atoms with E-state index in [1.54, 1.807) is 7.11 Å². The molecule has 2 aliphatic rings. The topological polar surface area (TPSA) is 34.1 Å². The van der Waals surface area contributed by atoms with Crippen LogP contribution >= 0.6 is 11.3 Å². The molecular formula is C17H22N2OS. The second-order valence-electron chi connectivity index (χ2n) is 6.33. The van der Waals surface area contributed by atoms with Crippen LogP contribution < -0.4 is 10.1 Å². The predicted molar refractivity (Wildman–Crippen MR) is 87.0 cm³/mol. The number of rotatable bonds is 2. The van der Waals surface area contributed by atoms with E-state index in [0.29, 0.717) is 6.04 Å². The van der Waals surface area contributed by atoms with Gasteiger partial charge in [0.1, 0.15) is 10.8 Å². The van der Waals surface area contributed by atoms with Gasteiger partial charge >= 0.3 is 0 Å². The number of hydrogen-bond acceptors (Lipinski definition) is 4. The van der Waals surface area contributed by atoms with Crippen LogP contribution in [0.4, 0.5) is 0 Å². The van der Waals surface area contributed by atoms with E-state index in [1.807, 2.05) is 17.4 Å². The Balaban J connectivity index is 1.58. The Labute approximate surface area is 129 Å². The maximum atomic E-state index is 5.31. The second-order valence-corrected chi connectivity index (χ2v) is 7.40. The summed E-state index contributed by atoms with van der Waals surface area (Å²) in [4.78, 5) is 4.85. The third-order valence-corrected chi connectivity index (χ3v) is 6.19. The molecule has 3 unspecified atom stereocenters. The van der Waals surface area contributed by atoms with Crippen LogP contribution in [0.15, 0.2) is 18.2 Å². The van der Waals surface area contributed by atoms with E-state index < -0.39 is 0 Å². The summed E-state index contributed by atoms with van der Waals surface area (Å²) in [5.41, 5.74) is 1.10. The number of hydrogen-bond donors (Lipinski definition) is 1. The quantitative estimate of drug-likeness (QED) is 0.898. The van der Waals surface area contributed by atoms with Gasteiger partial charge in [0.2, 0.25) is 0 Å². The van der Waals surface area contributed by atoms with Crippen LogP contribution in [0.5, 0.6) is 5.75 Å². The van der Waals surface area contributed by atoms with E-state index in [1.165, 1.54) is 48.2 Å². The number of fused-ring (bicyclic) bond motifs is 2.